The fraction of sp³-hybridized carbons (Fsp3) is 0.414. The molecular formula is C29H34N6O5. The van der Waals surface area contributed by atoms with E-state index in [-0.39, 0.29) is 36.8 Å². The highest BCUT2D eigenvalue weighted by atomic mass is 16.5. The third-order valence-electron chi connectivity index (χ3n) is 7.06. The van der Waals surface area contributed by atoms with Gasteiger partial charge in [-0.15, -0.1) is 10.2 Å². The van der Waals surface area contributed by atoms with Crippen molar-refractivity contribution in [2.75, 3.05) is 7.11 Å². The second-order valence-electron chi connectivity index (χ2n) is 10.1. The van der Waals surface area contributed by atoms with Gasteiger partial charge in [0.15, 0.2) is 11.8 Å². The van der Waals surface area contributed by atoms with Crippen LogP contribution in [-0.4, -0.2) is 50.1 Å². The van der Waals surface area contributed by atoms with Crippen molar-refractivity contribution in [1.29, 1.82) is 0 Å². The molecule has 210 valence electrons. The van der Waals surface area contributed by atoms with E-state index in [1.165, 1.54) is 16.1 Å². The maximum Gasteiger partial charge on any atom is 0.250 e. The predicted molar refractivity (Wildman–Crippen MR) is 145 cm³/mol. The standard InChI is InChI=1S/C29H34N6O5/c1-19-9-15-24(39-19)27(29(37)30-22-7-5-4-6-8-22)34(17-21-11-13-23(38-3)14-12-21)26(36)18-35-32-28(31-33-35)25-16-10-20(2)40-25/h9-16,22,27H,4-8,17-18H2,1-3H3,(H,30,37)/t27-/m0/s1. The predicted octanol–water partition coefficient (Wildman–Crippen LogP) is 4.37. The molecule has 0 unspecified atom stereocenters. The lowest BCUT2D eigenvalue weighted by atomic mass is 9.95. The lowest BCUT2D eigenvalue weighted by molar-refractivity contribution is -0.143. The number of nitrogens with zero attached hydrogens (tertiary/aromatic N) is 5. The first-order valence-electron chi connectivity index (χ1n) is 13.5. The Morgan fingerprint density at radius 2 is 1.75 bits per heavy atom. The Bertz CT molecular complexity index is 1430. The first-order chi connectivity index (χ1) is 19.4. The molecule has 0 spiro atoms. The van der Waals surface area contributed by atoms with E-state index >= 15 is 0 Å². The summed E-state index contributed by atoms with van der Waals surface area (Å²) in [6.07, 6.45) is 5.14. The van der Waals surface area contributed by atoms with E-state index in [2.05, 4.69) is 20.7 Å². The fourth-order valence-corrected chi connectivity index (χ4v) is 4.98. The smallest absolute Gasteiger partial charge is 0.250 e. The zero-order chi connectivity index (χ0) is 28.1. The second-order valence-corrected chi connectivity index (χ2v) is 10.1. The van der Waals surface area contributed by atoms with Gasteiger partial charge in [-0.2, -0.15) is 4.80 Å². The molecule has 1 N–H and O–H groups in total. The molecule has 1 aromatic carbocycles. The number of methoxy groups -OCH3 is 1. The van der Waals surface area contributed by atoms with Crippen molar-refractivity contribution in [3.63, 3.8) is 0 Å². The van der Waals surface area contributed by atoms with Gasteiger partial charge >= 0.3 is 0 Å². The molecule has 1 fully saturated rings. The number of furan rings is 2. The molecular weight excluding hydrogens is 512 g/mol. The van der Waals surface area contributed by atoms with Crippen molar-refractivity contribution >= 4 is 11.8 Å². The van der Waals surface area contributed by atoms with Crippen molar-refractivity contribution in [1.82, 2.24) is 30.4 Å². The molecule has 0 radical (unpaired) electrons. The molecule has 40 heavy (non-hydrogen) atoms. The number of tetrazole rings is 1. The number of aromatic nitrogens is 4. The topological polar surface area (TPSA) is 129 Å². The van der Waals surface area contributed by atoms with Gasteiger partial charge in [0.25, 0.3) is 5.91 Å². The fourth-order valence-electron chi connectivity index (χ4n) is 4.98. The first kappa shape index (κ1) is 27.2. The number of nitrogens with one attached hydrogen (secondary N) is 1. The van der Waals surface area contributed by atoms with Gasteiger partial charge in [0, 0.05) is 12.6 Å². The molecule has 3 aromatic heterocycles. The third-order valence-corrected chi connectivity index (χ3v) is 7.06. The molecule has 2 amide bonds. The minimum Gasteiger partial charge on any atom is -0.497 e. The Labute approximate surface area is 232 Å². The van der Waals surface area contributed by atoms with Crippen LogP contribution in [0.1, 0.15) is 61.0 Å². The van der Waals surface area contributed by atoms with E-state index in [4.69, 9.17) is 13.6 Å². The summed E-state index contributed by atoms with van der Waals surface area (Å²) in [5, 5.41) is 15.6. The first-order valence-corrected chi connectivity index (χ1v) is 13.5. The summed E-state index contributed by atoms with van der Waals surface area (Å²) in [6, 6.07) is 13.6. The highest BCUT2D eigenvalue weighted by molar-refractivity contribution is 5.88. The van der Waals surface area contributed by atoms with E-state index in [1.807, 2.05) is 38.1 Å². The highest BCUT2D eigenvalue weighted by Gasteiger charge is 2.35. The van der Waals surface area contributed by atoms with Gasteiger partial charge in [0.1, 0.15) is 29.6 Å². The number of carbonyl (C=O) groups is 2. The van der Waals surface area contributed by atoms with Gasteiger partial charge in [-0.3, -0.25) is 9.59 Å². The maximum absolute atomic E-state index is 13.9. The number of rotatable bonds is 10. The quantitative estimate of drug-likeness (QED) is 0.311. The van der Waals surface area contributed by atoms with E-state index in [1.54, 1.807) is 31.4 Å². The van der Waals surface area contributed by atoms with Crippen LogP contribution >= 0.6 is 0 Å². The average molecular weight is 547 g/mol. The molecule has 3 heterocycles. The Hall–Kier alpha value is -4.41. The van der Waals surface area contributed by atoms with Crippen molar-refractivity contribution < 1.29 is 23.2 Å². The zero-order valence-electron chi connectivity index (χ0n) is 23.0. The molecule has 5 rings (SSSR count). The zero-order valence-corrected chi connectivity index (χ0v) is 23.0. The summed E-state index contributed by atoms with van der Waals surface area (Å²) < 4.78 is 16.8. The van der Waals surface area contributed by atoms with Crippen LogP contribution in [0.4, 0.5) is 0 Å². The van der Waals surface area contributed by atoms with Crippen LogP contribution in [-0.2, 0) is 22.7 Å². The van der Waals surface area contributed by atoms with Crippen LogP contribution in [0.15, 0.2) is 57.4 Å². The van der Waals surface area contributed by atoms with Gasteiger partial charge in [0.05, 0.1) is 7.11 Å². The SMILES string of the molecule is COc1ccc(CN(C(=O)Cn2nnc(-c3ccc(C)o3)n2)[C@H](C(=O)NC2CCCCC2)c2ccc(C)o2)cc1. The number of aryl methyl sites for hydroxylation is 2. The van der Waals surface area contributed by atoms with Gasteiger partial charge in [-0.25, -0.2) is 0 Å². The molecule has 1 aliphatic rings. The number of ether oxygens (including phenoxy) is 1. The van der Waals surface area contributed by atoms with Gasteiger partial charge < -0.3 is 23.8 Å². The molecule has 4 aromatic rings. The van der Waals surface area contributed by atoms with Crippen molar-refractivity contribution in [3.05, 3.63) is 71.4 Å². The Morgan fingerprint density at radius 1 is 1.02 bits per heavy atom. The molecule has 11 nitrogen and oxygen atoms in total. The van der Waals surface area contributed by atoms with Crippen LogP contribution in [0.25, 0.3) is 11.6 Å². The van der Waals surface area contributed by atoms with Crippen LogP contribution in [0.3, 0.4) is 0 Å². The van der Waals surface area contributed by atoms with Crippen LogP contribution in [0.5, 0.6) is 5.75 Å². The normalized spacial score (nSPS) is 14.6. The molecule has 1 saturated carbocycles. The number of hydrogen-bond donors (Lipinski definition) is 1. The minimum atomic E-state index is -0.985. The van der Waals surface area contributed by atoms with Crippen LogP contribution < -0.4 is 10.1 Å². The summed E-state index contributed by atoms with van der Waals surface area (Å²) in [6.45, 7) is 3.57. The van der Waals surface area contributed by atoms with E-state index < -0.39 is 6.04 Å². The summed E-state index contributed by atoms with van der Waals surface area (Å²) >= 11 is 0. The second kappa shape index (κ2) is 12.2. The van der Waals surface area contributed by atoms with E-state index in [9.17, 15) is 9.59 Å². The highest BCUT2D eigenvalue weighted by Crippen LogP contribution is 2.28. The average Bonchev–Trinajstić information content (AvgIpc) is 3.71. The lowest BCUT2D eigenvalue weighted by Gasteiger charge is -2.32. The van der Waals surface area contributed by atoms with Crippen molar-refractivity contribution in [2.45, 2.75) is 71.1 Å². The van der Waals surface area contributed by atoms with Gasteiger partial charge in [-0.05, 0) is 73.9 Å². The van der Waals surface area contributed by atoms with Crippen molar-refractivity contribution in [3.8, 4) is 17.3 Å². The molecule has 0 bridgehead atoms. The Kier molecular flexibility index (Phi) is 8.28. The molecule has 1 atom stereocenters. The summed E-state index contributed by atoms with van der Waals surface area (Å²) in [5.74, 6) is 2.55. The Balaban J connectivity index is 1.45. The van der Waals surface area contributed by atoms with Crippen molar-refractivity contribution in [2.24, 2.45) is 0 Å². The third kappa shape index (κ3) is 6.41. The largest absolute Gasteiger partial charge is 0.497 e. The minimum absolute atomic E-state index is 0.0639. The summed E-state index contributed by atoms with van der Waals surface area (Å²) in [4.78, 5) is 30.5. The molecule has 0 saturated heterocycles. The van der Waals surface area contributed by atoms with E-state index in [0.29, 0.717) is 28.8 Å². The number of amides is 2. The van der Waals surface area contributed by atoms with Gasteiger partial charge in [0.2, 0.25) is 11.7 Å². The molecule has 0 aliphatic heterocycles. The summed E-state index contributed by atoms with van der Waals surface area (Å²) in [7, 11) is 1.60. The molecule has 1 aliphatic carbocycles. The van der Waals surface area contributed by atoms with E-state index in [0.717, 1.165) is 31.2 Å². The summed E-state index contributed by atoms with van der Waals surface area (Å²) in [5.41, 5.74) is 0.825. The van der Waals surface area contributed by atoms with Gasteiger partial charge in [-0.1, -0.05) is 31.4 Å². The number of carbonyl (C=O) groups excluding carboxylic acids is 2. The lowest BCUT2D eigenvalue weighted by Crippen LogP contribution is -2.47. The molecule has 11 heteroatoms. The number of hydrogen-bond acceptors (Lipinski definition) is 8. The van der Waals surface area contributed by atoms with Crippen LogP contribution in [0.2, 0.25) is 0 Å². The number of benzene rings is 1. The Morgan fingerprint density at radius 3 is 2.40 bits per heavy atom. The monoisotopic (exact) mass is 546 g/mol. The maximum atomic E-state index is 13.9. The van der Waals surface area contributed by atoms with Crippen LogP contribution in [0, 0.1) is 13.8 Å².